The SMILES string of the molecule is CCc1cc(Cl)cc2c1OCCC2(N)CC. The van der Waals surface area contributed by atoms with Gasteiger partial charge in [-0.1, -0.05) is 25.4 Å². The number of benzene rings is 1. The predicted molar refractivity (Wildman–Crippen MR) is 67.1 cm³/mol. The van der Waals surface area contributed by atoms with Crippen molar-refractivity contribution in [1.82, 2.24) is 0 Å². The Bertz CT molecular complexity index is 405. The van der Waals surface area contributed by atoms with Gasteiger partial charge >= 0.3 is 0 Å². The molecule has 88 valence electrons. The van der Waals surface area contributed by atoms with Gasteiger partial charge in [-0.05, 0) is 30.5 Å². The van der Waals surface area contributed by atoms with Gasteiger partial charge in [-0.3, -0.25) is 0 Å². The molecule has 1 unspecified atom stereocenters. The number of hydrogen-bond acceptors (Lipinski definition) is 2. The van der Waals surface area contributed by atoms with Gasteiger partial charge in [-0.15, -0.1) is 0 Å². The summed E-state index contributed by atoms with van der Waals surface area (Å²) in [5.41, 5.74) is 8.38. The molecule has 1 atom stereocenters. The van der Waals surface area contributed by atoms with Crippen molar-refractivity contribution < 1.29 is 4.74 Å². The Morgan fingerprint density at radius 1 is 1.44 bits per heavy atom. The zero-order valence-electron chi connectivity index (χ0n) is 9.85. The van der Waals surface area contributed by atoms with Crippen LogP contribution in [0.4, 0.5) is 0 Å². The summed E-state index contributed by atoms with van der Waals surface area (Å²) in [5, 5.41) is 0.754. The first kappa shape index (κ1) is 11.7. The monoisotopic (exact) mass is 239 g/mol. The lowest BCUT2D eigenvalue weighted by atomic mass is 9.82. The van der Waals surface area contributed by atoms with Crippen molar-refractivity contribution >= 4 is 11.6 Å². The van der Waals surface area contributed by atoms with Gasteiger partial charge in [0, 0.05) is 22.5 Å². The maximum atomic E-state index is 6.42. The largest absolute Gasteiger partial charge is 0.493 e. The predicted octanol–water partition coefficient (Wildman–Crippen LogP) is 3.25. The summed E-state index contributed by atoms with van der Waals surface area (Å²) in [6.45, 7) is 4.92. The molecule has 0 spiro atoms. The molecule has 0 radical (unpaired) electrons. The second kappa shape index (κ2) is 4.27. The number of fused-ring (bicyclic) bond motifs is 1. The Hall–Kier alpha value is -0.730. The third kappa shape index (κ3) is 1.80. The molecule has 3 heteroatoms. The highest BCUT2D eigenvalue weighted by Gasteiger charge is 2.33. The Morgan fingerprint density at radius 3 is 2.81 bits per heavy atom. The van der Waals surface area contributed by atoms with Crippen LogP contribution in [0.3, 0.4) is 0 Å². The summed E-state index contributed by atoms with van der Waals surface area (Å²) >= 11 is 6.13. The van der Waals surface area contributed by atoms with Crippen LogP contribution >= 0.6 is 11.6 Å². The molecule has 0 fully saturated rings. The Morgan fingerprint density at radius 2 is 2.19 bits per heavy atom. The van der Waals surface area contributed by atoms with E-state index in [2.05, 4.69) is 13.8 Å². The first-order valence-electron chi connectivity index (χ1n) is 5.85. The van der Waals surface area contributed by atoms with Crippen LogP contribution in [0.25, 0.3) is 0 Å². The first-order valence-corrected chi connectivity index (χ1v) is 6.23. The highest BCUT2D eigenvalue weighted by atomic mass is 35.5. The van der Waals surface area contributed by atoms with Crippen LogP contribution in [0.1, 0.15) is 37.8 Å². The summed E-state index contributed by atoms with van der Waals surface area (Å²) < 4.78 is 5.76. The summed E-state index contributed by atoms with van der Waals surface area (Å²) in [6.07, 6.45) is 2.69. The smallest absolute Gasteiger partial charge is 0.127 e. The minimum absolute atomic E-state index is 0.275. The van der Waals surface area contributed by atoms with E-state index >= 15 is 0 Å². The number of halogens is 1. The summed E-state index contributed by atoms with van der Waals surface area (Å²) in [6, 6.07) is 3.93. The normalized spacial score (nSPS) is 23.8. The minimum Gasteiger partial charge on any atom is -0.493 e. The number of aryl methyl sites for hydroxylation is 1. The topological polar surface area (TPSA) is 35.2 Å². The Labute approximate surface area is 102 Å². The van der Waals surface area contributed by atoms with Gasteiger partial charge in [0.2, 0.25) is 0 Å². The van der Waals surface area contributed by atoms with Crippen LogP contribution in [0.2, 0.25) is 5.02 Å². The van der Waals surface area contributed by atoms with Crippen LogP contribution in [0.15, 0.2) is 12.1 Å². The number of ether oxygens (including phenoxy) is 1. The second-order valence-corrected chi connectivity index (χ2v) is 4.84. The van der Waals surface area contributed by atoms with Crippen molar-refractivity contribution in [3.05, 3.63) is 28.3 Å². The lowest BCUT2D eigenvalue weighted by Crippen LogP contribution is -2.41. The van der Waals surface area contributed by atoms with Gasteiger partial charge in [-0.2, -0.15) is 0 Å². The van der Waals surface area contributed by atoms with E-state index in [4.69, 9.17) is 22.1 Å². The molecule has 1 aromatic carbocycles. The molecule has 16 heavy (non-hydrogen) atoms. The molecule has 2 nitrogen and oxygen atoms in total. The van der Waals surface area contributed by atoms with E-state index in [-0.39, 0.29) is 5.54 Å². The van der Waals surface area contributed by atoms with Crippen LogP contribution < -0.4 is 10.5 Å². The maximum absolute atomic E-state index is 6.42. The van der Waals surface area contributed by atoms with E-state index in [9.17, 15) is 0 Å². The van der Waals surface area contributed by atoms with Gasteiger partial charge in [-0.25, -0.2) is 0 Å². The van der Waals surface area contributed by atoms with Crippen LogP contribution in [-0.2, 0) is 12.0 Å². The lowest BCUT2D eigenvalue weighted by molar-refractivity contribution is 0.210. The highest BCUT2D eigenvalue weighted by Crippen LogP contribution is 2.41. The number of rotatable bonds is 2. The highest BCUT2D eigenvalue weighted by molar-refractivity contribution is 6.30. The van der Waals surface area contributed by atoms with E-state index in [0.717, 1.165) is 41.2 Å². The van der Waals surface area contributed by atoms with E-state index in [1.807, 2.05) is 12.1 Å². The number of nitrogens with two attached hydrogens (primary N) is 1. The van der Waals surface area contributed by atoms with E-state index < -0.39 is 0 Å². The van der Waals surface area contributed by atoms with Crippen LogP contribution in [0.5, 0.6) is 5.75 Å². The Kier molecular flexibility index (Phi) is 3.13. The zero-order valence-corrected chi connectivity index (χ0v) is 10.6. The fourth-order valence-electron chi connectivity index (χ4n) is 2.29. The molecule has 0 amide bonds. The fraction of sp³-hybridized carbons (Fsp3) is 0.538. The molecular weight excluding hydrogens is 222 g/mol. The van der Waals surface area contributed by atoms with Crippen molar-refractivity contribution in [2.75, 3.05) is 6.61 Å². The van der Waals surface area contributed by atoms with Crippen molar-refractivity contribution in [2.45, 2.75) is 38.6 Å². The van der Waals surface area contributed by atoms with E-state index in [1.54, 1.807) is 0 Å². The average Bonchev–Trinajstić information content (AvgIpc) is 2.29. The summed E-state index contributed by atoms with van der Waals surface area (Å²) in [4.78, 5) is 0. The molecule has 0 aliphatic carbocycles. The molecule has 2 rings (SSSR count). The van der Waals surface area contributed by atoms with Crippen LogP contribution in [-0.4, -0.2) is 6.61 Å². The molecule has 0 bridgehead atoms. The fourth-order valence-corrected chi connectivity index (χ4v) is 2.53. The number of hydrogen-bond donors (Lipinski definition) is 1. The molecule has 0 aromatic heterocycles. The molecular formula is C13H18ClNO. The third-order valence-electron chi connectivity index (χ3n) is 3.47. The van der Waals surface area contributed by atoms with Crippen molar-refractivity contribution in [3.8, 4) is 5.75 Å². The minimum atomic E-state index is -0.275. The molecule has 1 aliphatic heterocycles. The van der Waals surface area contributed by atoms with Crippen molar-refractivity contribution in [3.63, 3.8) is 0 Å². The standard InChI is InChI=1S/C13H18ClNO/c1-3-9-7-10(14)8-11-12(9)16-6-5-13(11,15)4-2/h7-8H,3-6,15H2,1-2H3. The van der Waals surface area contributed by atoms with Gasteiger partial charge in [0.1, 0.15) is 5.75 Å². The van der Waals surface area contributed by atoms with Crippen molar-refractivity contribution in [1.29, 1.82) is 0 Å². The molecule has 1 heterocycles. The van der Waals surface area contributed by atoms with Gasteiger partial charge < -0.3 is 10.5 Å². The van der Waals surface area contributed by atoms with E-state index in [1.165, 1.54) is 0 Å². The summed E-state index contributed by atoms with van der Waals surface area (Å²) in [7, 11) is 0. The lowest BCUT2D eigenvalue weighted by Gasteiger charge is -2.36. The molecule has 0 saturated heterocycles. The second-order valence-electron chi connectivity index (χ2n) is 4.40. The average molecular weight is 240 g/mol. The molecule has 1 aromatic rings. The molecule has 1 aliphatic rings. The molecule has 0 saturated carbocycles. The summed E-state index contributed by atoms with van der Waals surface area (Å²) in [5.74, 6) is 0.961. The first-order chi connectivity index (χ1) is 7.60. The Balaban J connectivity index is 2.60. The maximum Gasteiger partial charge on any atom is 0.127 e. The zero-order chi connectivity index (χ0) is 11.8. The van der Waals surface area contributed by atoms with E-state index in [0.29, 0.717) is 6.61 Å². The molecule has 2 N–H and O–H groups in total. The van der Waals surface area contributed by atoms with Crippen molar-refractivity contribution in [2.24, 2.45) is 5.73 Å². The van der Waals surface area contributed by atoms with Gasteiger partial charge in [0.05, 0.1) is 6.61 Å². The van der Waals surface area contributed by atoms with Gasteiger partial charge in [0.25, 0.3) is 0 Å². The quantitative estimate of drug-likeness (QED) is 0.860. The third-order valence-corrected chi connectivity index (χ3v) is 3.69. The van der Waals surface area contributed by atoms with Crippen LogP contribution in [0, 0.1) is 0 Å². The van der Waals surface area contributed by atoms with Gasteiger partial charge in [0.15, 0.2) is 0 Å².